The molecule has 7 nitrogen and oxygen atoms in total. The van der Waals surface area contributed by atoms with Crippen LogP contribution in [0.3, 0.4) is 0 Å². The second-order valence-electron chi connectivity index (χ2n) is 8.40. The first-order chi connectivity index (χ1) is 16.4. The largest absolute Gasteiger partial charge is 0.479 e. The SMILES string of the molecule is COc1nc(/C=C(\C)c2nc3n(n2)CCC[C@@H]3c2ccc(F)c(F)c2)ccc1-n1cnc(C)c1. The van der Waals surface area contributed by atoms with E-state index in [0.717, 1.165) is 42.2 Å². The summed E-state index contributed by atoms with van der Waals surface area (Å²) < 4.78 is 36.5. The van der Waals surface area contributed by atoms with E-state index in [1.54, 1.807) is 19.5 Å². The first-order valence-electron chi connectivity index (χ1n) is 11.1. The molecule has 1 aromatic carbocycles. The van der Waals surface area contributed by atoms with Gasteiger partial charge < -0.3 is 9.30 Å². The summed E-state index contributed by atoms with van der Waals surface area (Å²) in [5, 5.41) is 4.67. The van der Waals surface area contributed by atoms with Crippen molar-refractivity contribution in [2.24, 2.45) is 0 Å². The van der Waals surface area contributed by atoms with E-state index in [9.17, 15) is 8.78 Å². The van der Waals surface area contributed by atoms with Gasteiger partial charge in [0.15, 0.2) is 17.5 Å². The van der Waals surface area contributed by atoms with E-state index in [0.29, 0.717) is 23.0 Å². The Morgan fingerprint density at radius 1 is 1.15 bits per heavy atom. The fourth-order valence-electron chi connectivity index (χ4n) is 4.28. The monoisotopic (exact) mass is 462 g/mol. The molecule has 0 amide bonds. The highest BCUT2D eigenvalue weighted by molar-refractivity contribution is 5.76. The van der Waals surface area contributed by atoms with E-state index in [2.05, 4.69) is 15.1 Å². The quantitative estimate of drug-likeness (QED) is 0.420. The molecule has 34 heavy (non-hydrogen) atoms. The van der Waals surface area contributed by atoms with Gasteiger partial charge in [0.2, 0.25) is 5.88 Å². The van der Waals surface area contributed by atoms with Crippen molar-refractivity contribution < 1.29 is 13.5 Å². The molecule has 0 radical (unpaired) electrons. The van der Waals surface area contributed by atoms with Crippen LogP contribution in [0.1, 0.15) is 54.3 Å². The van der Waals surface area contributed by atoms with Crippen LogP contribution < -0.4 is 4.74 Å². The molecule has 0 spiro atoms. The summed E-state index contributed by atoms with van der Waals surface area (Å²) in [6.45, 7) is 4.58. The van der Waals surface area contributed by atoms with Gasteiger partial charge in [-0.1, -0.05) is 6.07 Å². The molecule has 4 heterocycles. The molecule has 0 aliphatic carbocycles. The van der Waals surface area contributed by atoms with Gasteiger partial charge in [-0.2, -0.15) is 5.10 Å². The average Bonchev–Trinajstić information content (AvgIpc) is 3.47. The van der Waals surface area contributed by atoms with Gasteiger partial charge in [-0.3, -0.25) is 0 Å². The lowest BCUT2D eigenvalue weighted by Crippen LogP contribution is -2.18. The summed E-state index contributed by atoms with van der Waals surface area (Å²) in [7, 11) is 1.58. The molecule has 4 aromatic rings. The highest BCUT2D eigenvalue weighted by Crippen LogP contribution is 2.33. The smallest absolute Gasteiger partial charge is 0.238 e. The number of pyridine rings is 1. The van der Waals surface area contributed by atoms with Crippen LogP contribution in [0, 0.1) is 18.6 Å². The van der Waals surface area contributed by atoms with Gasteiger partial charge in [0.05, 0.1) is 24.8 Å². The third-order valence-electron chi connectivity index (χ3n) is 5.98. The highest BCUT2D eigenvalue weighted by atomic mass is 19.2. The fourth-order valence-corrected chi connectivity index (χ4v) is 4.28. The van der Waals surface area contributed by atoms with Crippen LogP contribution in [-0.4, -0.2) is 36.4 Å². The van der Waals surface area contributed by atoms with Crippen molar-refractivity contribution in [3.8, 4) is 11.6 Å². The number of halogens is 2. The van der Waals surface area contributed by atoms with Crippen molar-refractivity contribution in [2.75, 3.05) is 7.11 Å². The summed E-state index contributed by atoms with van der Waals surface area (Å²) in [6, 6.07) is 7.87. The molecule has 0 saturated carbocycles. The third-order valence-corrected chi connectivity index (χ3v) is 5.98. The van der Waals surface area contributed by atoms with Crippen molar-refractivity contribution >= 4 is 11.6 Å². The minimum Gasteiger partial charge on any atom is -0.479 e. The van der Waals surface area contributed by atoms with Crippen LogP contribution in [0.2, 0.25) is 0 Å². The zero-order valence-electron chi connectivity index (χ0n) is 19.2. The summed E-state index contributed by atoms with van der Waals surface area (Å²) in [4.78, 5) is 13.6. The Labute approximate surface area is 195 Å². The Bertz CT molecular complexity index is 1390. The number of ether oxygens (including phenoxy) is 1. The number of imidazole rings is 1. The number of aryl methyl sites for hydroxylation is 2. The second-order valence-corrected chi connectivity index (χ2v) is 8.40. The Morgan fingerprint density at radius 3 is 2.74 bits per heavy atom. The third kappa shape index (κ3) is 4.09. The molecule has 5 rings (SSSR count). The average molecular weight is 463 g/mol. The molecular weight excluding hydrogens is 438 g/mol. The molecule has 174 valence electrons. The fraction of sp³-hybridized carbons (Fsp3) is 0.280. The van der Waals surface area contributed by atoms with Crippen LogP contribution in [0.15, 0.2) is 42.9 Å². The highest BCUT2D eigenvalue weighted by Gasteiger charge is 2.27. The van der Waals surface area contributed by atoms with E-state index in [-0.39, 0.29) is 5.92 Å². The number of rotatable bonds is 5. The zero-order valence-corrected chi connectivity index (χ0v) is 19.2. The van der Waals surface area contributed by atoms with Crippen molar-refractivity contribution in [3.05, 3.63) is 83.1 Å². The van der Waals surface area contributed by atoms with Crippen molar-refractivity contribution in [2.45, 2.75) is 39.2 Å². The number of aromatic nitrogens is 6. The van der Waals surface area contributed by atoms with Crippen LogP contribution in [-0.2, 0) is 6.54 Å². The van der Waals surface area contributed by atoms with E-state index >= 15 is 0 Å². The Balaban J connectivity index is 1.45. The Morgan fingerprint density at radius 2 is 2.00 bits per heavy atom. The van der Waals surface area contributed by atoms with E-state index in [1.165, 1.54) is 12.1 Å². The second kappa shape index (κ2) is 8.81. The zero-order chi connectivity index (χ0) is 23.8. The van der Waals surface area contributed by atoms with E-state index in [1.807, 2.05) is 47.5 Å². The standard InChI is InChI=1S/C25H24F2N6O/c1-15(11-18-7-9-22(25(29-18)34-3)32-13-16(2)28-14-32)23-30-24-19(5-4-10-33(24)31-23)17-6-8-20(26)21(27)12-17/h6-9,11-14,19H,4-5,10H2,1-3H3/b15-11+/t19-/m1/s1. The van der Waals surface area contributed by atoms with Gasteiger partial charge in [0, 0.05) is 18.7 Å². The number of hydrogen-bond donors (Lipinski definition) is 0. The maximum absolute atomic E-state index is 13.8. The van der Waals surface area contributed by atoms with Gasteiger partial charge >= 0.3 is 0 Å². The maximum Gasteiger partial charge on any atom is 0.238 e. The predicted octanol–water partition coefficient (Wildman–Crippen LogP) is 4.94. The summed E-state index contributed by atoms with van der Waals surface area (Å²) in [5.41, 5.74) is 3.95. The van der Waals surface area contributed by atoms with Crippen LogP contribution in [0.25, 0.3) is 17.3 Å². The lowest BCUT2D eigenvalue weighted by molar-refractivity contribution is 0.395. The first kappa shape index (κ1) is 21.9. The number of methoxy groups -OCH3 is 1. The van der Waals surface area contributed by atoms with E-state index < -0.39 is 11.6 Å². The van der Waals surface area contributed by atoms with Gasteiger partial charge in [0.25, 0.3) is 0 Å². The lowest BCUT2D eigenvalue weighted by Gasteiger charge is -2.22. The summed E-state index contributed by atoms with van der Waals surface area (Å²) >= 11 is 0. The molecule has 0 N–H and O–H groups in total. The molecular formula is C25H24F2N6O. The molecule has 1 aliphatic rings. The minimum absolute atomic E-state index is 0.131. The maximum atomic E-state index is 13.8. The number of allylic oxidation sites excluding steroid dienone is 1. The number of benzene rings is 1. The normalized spacial score (nSPS) is 15.9. The molecule has 3 aromatic heterocycles. The van der Waals surface area contributed by atoms with Gasteiger partial charge in [-0.05, 0) is 68.2 Å². The number of nitrogens with zero attached hydrogens (tertiary/aromatic N) is 6. The van der Waals surface area contributed by atoms with Crippen LogP contribution >= 0.6 is 0 Å². The molecule has 0 bridgehead atoms. The Kier molecular flexibility index (Phi) is 5.69. The summed E-state index contributed by atoms with van der Waals surface area (Å²) in [5.74, 6) is -0.00297. The van der Waals surface area contributed by atoms with Crippen molar-refractivity contribution in [1.82, 2.24) is 29.3 Å². The van der Waals surface area contributed by atoms with Crippen molar-refractivity contribution in [1.29, 1.82) is 0 Å². The van der Waals surface area contributed by atoms with Gasteiger partial charge in [-0.25, -0.2) is 28.4 Å². The number of fused-ring (bicyclic) bond motifs is 1. The van der Waals surface area contributed by atoms with Crippen LogP contribution in [0.4, 0.5) is 8.78 Å². The van der Waals surface area contributed by atoms with Crippen molar-refractivity contribution in [3.63, 3.8) is 0 Å². The van der Waals surface area contributed by atoms with Crippen LogP contribution in [0.5, 0.6) is 5.88 Å². The molecule has 1 aliphatic heterocycles. The van der Waals surface area contributed by atoms with E-state index in [4.69, 9.17) is 9.72 Å². The molecule has 0 unspecified atom stereocenters. The molecule has 1 atom stereocenters. The summed E-state index contributed by atoms with van der Waals surface area (Å²) in [6.07, 6.45) is 7.22. The Hall–Kier alpha value is -3.88. The molecule has 0 fully saturated rings. The van der Waals surface area contributed by atoms with Gasteiger partial charge in [-0.15, -0.1) is 0 Å². The van der Waals surface area contributed by atoms with Gasteiger partial charge in [0.1, 0.15) is 11.5 Å². The number of hydrogen-bond acceptors (Lipinski definition) is 5. The molecule has 9 heteroatoms. The lowest BCUT2D eigenvalue weighted by atomic mass is 9.91. The molecule has 0 saturated heterocycles. The minimum atomic E-state index is -0.849. The predicted molar refractivity (Wildman–Crippen MR) is 124 cm³/mol. The first-order valence-corrected chi connectivity index (χ1v) is 11.1. The topological polar surface area (TPSA) is 70.7 Å².